The third kappa shape index (κ3) is 8.29. The molecular formula is C35H42F3N5O4. The molecule has 12 heteroatoms. The molecule has 4 aromatic rings. The number of carbonyl (C=O) groups is 1. The van der Waals surface area contributed by atoms with Gasteiger partial charge in [-0.3, -0.25) is 4.79 Å². The zero-order valence-electron chi connectivity index (χ0n) is 27.2. The highest BCUT2D eigenvalue weighted by molar-refractivity contribution is 5.95. The summed E-state index contributed by atoms with van der Waals surface area (Å²) >= 11 is 0. The Kier molecular flexibility index (Phi) is 10.8. The number of aromatic nitrogens is 2. The lowest BCUT2D eigenvalue weighted by molar-refractivity contribution is -0.139. The first-order chi connectivity index (χ1) is 22.6. The average Bonchev–Trinajstić information content (AvgIpc) is 3.41. The molecule has 1 amide bonds. The number of carbonyl (C=O) groups excluding carboxylic acids is 1. The number of piperidine rings is 1. The highest BCUT2D eigenvalue weighted by Gasteiger charge is 2.31. The molecule has 1 unspecified atom stereocenters. The van der Waals surface area contributed by atoms with E-state index in [0.29, 0.717) is 40.4 Å². The van der Waals surface area contributed by atoms with Crippen LogP contribution in [-0.4, -0.2) is 92.0 Å². The summed E-state index contributed by atoms with van der Waals surface area (Å²) in [6.45, 7) is 1.85. The van der Waals surface area contributed by atoms with Crippen molar-refractivity contribution in [1.82, 2.24) is 19.4 Å². The van der Waals surface area contributed by atoms with Crippen molar-refractivity contribution >= 4 is 22.9 Å². The van der Waals surface area contributed by atoms with Crippen molar-refractivity contribution < 1.29 is 32.2 Å². The van der Waals surface area contributed by atoms with Gasteiger partial charge in [-0.25, -0.2) is 4.98 Å². The van der Waals surface area contributed by atoms with Crippen LogP contribution >= 0.6 is 0 Å². The number of likely N-dealkylation sites (tertiary alicyclic amines) is 1. The second-order valence-electron chi connectivity index (χ2n) is 11.9. The number of benzene rings is 3. The standard InChI is InChI=1S/C35H42F3N5O4/c1-41(33(44)26-20-30(45-2)32(47-4)31(21-26)46-3)22-25(24-10-6-5-7-11-24)14-17-42-18-15-27(16-19-42)39-34-40-28-12-8-9-13-29(28)43(34)23-35(36,37)38/h5-13,20-21,25,27H,14-19,22-23H2,1-4H3,(H,39,40). The summed E-state index contributed by atoms with van der Waals surface area (Å²) in [5.74, 6) is 1.44. The summed E-state index contributed by atoms with van der Waals surface area (Å²) < 4.78 is 57.8. The second kappa shape index (κ2) is 15.0. The monoisotopic (exact) mass is 653 g/mol. The molecule has 0 saturated carbocycles. The number of nitrogens with one attached hydrogen (secondary N) is 1. The van der Waals surface area contributed by atoms with E-state index in [1.165, 1.54) is 25.9 Å². The van der Waals surface area contributed by atoms with Crippen molar-refractivity contribution in [3.8, 4) is 17.2 Å². The van der Waals surface area contributed by atoms with Gasteiger partial charge in [-0.15, -0.1) is 0 Å². The number of amides is 1. The number of hydrogen-bond donors (Lipinski definition) is 1. The van der Waals surface area contributed by atoms with E-state index in [-0.39, 0.29) is 23.8 Å². The van der Waals surface area contributed by atoms with Gasteiger partial charge in [-0.1, -0.05) is 42.5 Å². The zero-order chi connectivity index (χ0) is 33.6. The minimum Gasteiger partial charge on any atom is -0.493 e. The predicted octanol–water partition coefficient (Wildman–Crippen LogP) is 6.45. The number of rotatable bonds is 13. The molecule has 2 heterocycles. The molecular weight excluding hydrogens is 611 g/mol. The lowest BCUT2D eigenvalue weighted by Crippen LogP contribution is -2.41. The van der Waals surface area contributed by atoms with Crippen LogP contribution in [0.5, 0.6) is 17.2 Å². The number of likely N-dealkylation sites (N-methyl/N-ethyl adjacent to an activating group) is 1. The molecule has 1 aliphatic heterocycles. The molecule has 1 atom stereocenters. The van der Waals surface area contributed by atoms with E-state index in [2.05, 4.69) is 27.3 Å². The van der Waals surface area contributed by atoms with Gasteiger partial charge in [0.25, 0.3) is 5.91 Å². The summed E-state index contributed by atoms with van der Waals surface area (Å²) in [4.78, 5) is 22.2. The maximum Gasteiger partial charge on any atom is 0.406 e. The molecule has 0 aliphatic carbocycles. The highest BCUT2D eigenvalue weighted by atomic mass is 19.4. The highest BCUT2D eigenvalue weighted by Crippen LogP contribution is 2.38. The Labute approximate surface area is 273 Å². The van der Waals surface area contributed by atoms with Gasteiger partial charge < -0.3 is 33.9 Å². The maximum atomic E-state index is 13.6. The SMILES string of the molecule is COc1cc(C(=O)N(C)CC(CCN2CCC(Nc3nc4ccccc4n3CC(F)(F)F)CC2)c2ccccc2)cc(OC)c1OC. The first kappa shape index (κ1) is 33.9. The van der Waals surface area contributed by atoms with E-state index in [9.17, 15) is 18.0 Å². The number of fused-ring (bicyclic) bond motifs is 1. The largest absolute Gasteiger partial charge is 0.493 e. The van der Waals surface area contributed by atoms with Crippen molar-refractivity contribution in [3.05, 3.63) is 77.9 Å². The molecule has 47 heavy (non-hydrogen) atoms. The van der Waals surface area contributed by atoms with E-state index < -0.39 is 12.7 Å². The smallest absolute Gasteiger partial charge is 0.406 e. The summed E-state index contributed by atoms with van der Waals surface area (Å²) in [6.07, 6.45) is -1.96. The first-order valence-electron chi connectivity index (χ1n) is 15.7. The molecule has 0 radical (unpaired) electrons. The molecule has 5 rings (SSSR count). The zero-order valence-corrected chi connectivity index (χ0v) is 27.2. The summed E-state index contributed by atoms with van der Waals surface area (Å²) in [7, 11) is 6.35. The fourth-order valence-electron chi connectivity index (χ4n) is 6.27. The number of para-hydroxylation sites is 2. The Morgan fingerprint density at radius 1 is 0.979 bits per heavy atom. The molecule has 0 bridgehead atoms. The van der Waals surface area contributed by atoms with Crippen LogP contribution in [-0.2, 0) is 6.54 Å². The number of halogens is 3. The number of alkyl halides is 3. The fourth-order valence-corrected chi connectivity index (χ4v) is 6.27. The molecule has 0 spiro atoms. The summed E-state index contributed by atoms with van der Waals surface area (Å²) in [5.41, 5.74) is 2.59. The van der Waals surface area contributed by atoms with Crippen molar-refractivity contribution in [2.45, 2.75) is 43.9 Å². The third-order valence-electron chi connectivity index (χ3n) is 8.73. The molecule has 1 aromatic heterocycles. The quantitative estimate of drug-likeness (QED) is 0.178. The number of imidazole rings is 1. The van der Waals surface area contributed by atoms with Gasteiger partial charge >= 0.3 is 6.18 Å². The van der Waals surface area contributed by atoms with Crippen LogP contribution in [0.1, 0.15) is 41.1 Å². The Hall–Kier alpha value is -4.45. The van der Waals surface area contributed by atoms with E-state index in [1.54, 1.807) is 48.3 Å². The Bertz CT molecular complexity index is 1610. The third-order valence-corrected chi connectivity index (χ3v) is 8.73. The van der Waals surface area contributed by atoms with Gasteiger partial charge in [-0.2, -0.15) is 13.2 Å². The first-order valence-corrected chi connectivity index (χ1v) is 15.7. The van der Waals surface area contributed by atoms with Crippen LogP contribution in [0.25, 0.3) is 11.0 Å². The number of ether oxygens (including phenoxy) is 3. The Morgan fingerprint density at radius 2 is 1.62 bits per heavy atom. The van der Waals surface area contributed by atoms with Crippen LogP contribution in [0.3, 0.4) is 0 Å². The molecule has 3 aromatic carbocycles. The van der Waals surface area contributed by atoms with Crippen molar-refractivity contribution in [2.75, 3.05) is 59.9 Å². The van der Waals surface area contributed by atoms with Crippen LogP contribution in [0.4, 0.5) is 19.1 Å². The lowest BCUT2D eigenvalue weighted by atomic mass is 9.94. The van der Waals surface area contributed by atoms with Gasteiger partial charge in [0.15, 0.2) is 11.5 Å². The Balaban J connectivity index is 1.21. The van der Waals surface area contributed by atoms with Gasteiger partial charge in [-0.05, 0) is 55.6 Å². The van der Waals surface area contributed by atoms with Gasteiger partial charge in [0, 0.05) is 44.2 Å². The van der Waals surface area contributed by atoms with Crippen molar-refractivity contribution in [2.24, 2.45) is 0 Å². The van der Waals surface area contributed by atoms with Gasteiger partial charge in [0.1, 0.15) is 6.54 Å². The van der Waals surface area contributed by atoms with Crippen LogP contribution in [0.15, 0.2) is 66.7 Å². The molecule has 1 N–H and O–H groups in total. The van der Waals surface area contributed by atoms with Crippen molar-refractivity contribution in [3.63, 3.8) is 0 Å². The fraction of sp³-hybridized carbons (Fsp3) is 0.429. The number of nitrogens with zero attached hydrogens (tertiary/aromatic N) is 4. The van der Waals surface area contributed by atoms with Crippen molar-refractivity contribution in [1.29, 1.82) is 0 Å². The second-order valence-corrected chi connectivity index (χ2v) is 11.9. The van der Waals surface area contributed by atoms with E-state index in [1.807, 2.05) is 18.2 Å². The summed E-state index contributed by atoms with van der Waals surface area (Å²) in [6, 6.07) is 20.4. The normalized spacial score (nSPS) is 15.0. The number of anilines is 1. The molecule has 9 nitrogen and oxygen atoms in total. The molecule has 252 valence electrons. The van der Waals surface area contributed by atoms with Gasteiger partial charge in [0.05, 0.1) is 32.4 Å². The topological polar surface area (TPSA) is 81.1 Å². The summed E-state index contributed by atoms with van der Waals surface area (Å²) in [5, 5.41) is 3.31. The van der Waals surface area contributed by atoms with Crippen LogP contribution in [0, 0.1) is 0 Å². The molecule has 1 aliphatic rings. The average molecular weight is 654 g/mol. The van der Waals surface area contributed by atoms with Crippen LogP contribution in [0.2, 0.25) is 0 Å². The van der Waals surface area contributed by atoms with E-state index in [4.69, 9.17) is 14.2 Å². The van der Waals surface area contributed by atoms with Crippen LogP contribution < -0.4 is 19.5 Å². The Morgan fingerprint density at radius 3 is 2.23 bits per heavy atom. The minimum absolute atomic E-state index is 0.0159. The predicted molar refractivity (Wildman–Crippen MR) is 176 cm³/mol. The number of hydrogen-bond acceptors (Lipinski definition) is 7. The lowest BCUT2D eigenvalue weighted by Gasteiger charge is -2.34. The molecule has 1 saturated heterocycles. The maximum absolute atomic E-state index is 13.6. The van der Waals surface area contributed by atoms with E-state index in [0.717, 1.165) is 44.5 Å². The minimum atomic E-state index is -4.36. The van der Waals surface area contributed by atoms with E-state index >= 15 is 0 Å². The number of methoxy groups -OCH3 is 3. The molecule has 1 fully saturated rings. The van der Waals surface area contributed by atoms with Gasteiger partial charge in [0.2, 0.25) is 11.7 Å².